The molecular weight excluding hydrogens is 202 g/mol. The second kappa shape index (κ2) is 6.89. The number of aliphatic carboxylic acids is 1. The number of carboxylic acids is 1. The summed E-state index contributed by atoms with van der Waals surface area (Å²) in [6.45, 7) is 6.52. The summed E-state index contributed by atoms with van der Waals surface area (Å²) in [5.41, 5.74) is 0. The summed E-state index contributed by atoms with van der Waals surface area (Å²) >= 11 is 0. The molecule has 1 rings (SSSR count). The van der Waals surface area contributed by atoms with E-state index in [1.165, 1.54) is 25.7 Å². The largest absolute Gasteiger partial charge is 0.480 e. The van der Waals surface area contributed by atoms with Crippen LogP contribution in [0.15, 0.2) is 0 Å². The zero-order chi connectivity index (χ0) is 12.0. The lowest BCUT2D eigenvalue weighted by atomic mass is 9.80. The topological polar surface area (TPSA) is 40.5 Å². The van der Waals surface area contributed by atoms with E-state index in [-0.39, 0.29) is 6.54 Å². The van der Waals surface area contributed by atoms with Crippen LogP contribution in [0.25, 0.3) is 0 Å². The van der Waals surface area contributed by atoms with Crippen LogP contribution in [0.2, 0.25) is 0 Å². The highest BCUT2D eigenvalue weighted by Gasteiger charge is 2.23. The molecule has 1 saturated carbocycles. The van der Waals surface area contributed by atoms with Gasteiger partial charge in [-0.15, -0.1) is 0 Å². The van der Waals surface area contributed by atoms with Crippen LogP contribution in [0.4, 0.5) is 0 Å². The molecule has 3 heteroatoms. The SMILES string of the molecule is CCCN(CC(=O)O)CC1CCCCC1C. The van der Waals surface area contributed by atoms with Gasteiger partial charge in [0.1, 0.15) is 0 Å². The zero-order valence-electron chi connectivity index (χ0n) is 10.6. The standard InChI is InChI=1S/C13H25NO2/c1-3-8-14(10-13(15)16)9-12-7-5-4-6-11(12)2/h11-12H,3-10H2,1-2H3,(H,15,16). The quantitative estimate of drug-likeness (QED) is 0.758. The summed E-state index contributed by atoms with van der Waals surface area (Å²) in [5, 5.41) is 8.86. The molecule has 0 aliphatic heterocycles. The lowest BCUT2D eigenvalue weighted by Gasteiger charge is -2.33. The summed E-state index contributed by atoms with van der Waals surface area (Å²) in [6, 6.07) is 0. The summed E-state index contributed by atoms with van der Waals surface area (Å²) < 4.78 is 0. The van der Waals surface area contributed by atoms with E-state index in [1.807, 2.05) is 0 Å². The van der Waals surface area contributed by atoms with Gasteiger partial charge in [-0.1, -0.05) is 33.1 Å². The van der Waals surface area contributed by atoms with E-state index >= 15 is 0 Å². The van der Waals surface area contributed by atoms with Crippen LogP contribution in [0.3, 0.4) is 0 Å². The Balaban J connectivity index is 2.42. The molecule has 0 aromatic heterocycles. The number of rotatable bonds is 6. The van der Waals surface area contributed by atoms with Gasteiger partial charge in [-0.25, -0.2) is 0 Å². The summed E-state index contributed by atoms with van der Waals surface area (Å²) in [4.78, 5) is 12.9. The molecule has 1 aliphatic carbocycles. The highest BCUT2D eigenvalue weighted by Crippen LogP contribution is 2.30. The van der Waals surface area contributed by atoms with Crippen molar-refractivity contribution in [2.75, 3.05) is 19.6 Å². The Morgan fingerprint density at radius 1 is 1.38 bits per heavy atom. The fraction of sp³-hybridized carbons (Fsp3) is 0.923. The fourth-order valence-corrected chi connectivity index (χ4v) is 2.74. The highest BCUT2D eigenvalue weighted by molar-refractivity contribution is 5.69. The van der Waals surface area contributed by atoms with Crippen molar-refractivity contribution in [3.63, 3.8) is 0 Å². The predicted molar refractivity (Wildman–Crippen MR) is 65.5 cm³/mol. The first-order valence-electron chi connectivity index (χ1n) is 6.57. The normalized spacial score (nSPS) is 25.9. The van der Waals surface area contributed by atoms with E-state index in [1.54, 1.807) is 0 Å². The monoisotopic (exact) mass is 227 g/mol. The zero-order valence-corrected chi connectivity index (χ0v) is 10.6. The lowest BCUT2D eigenvalue weighted by Crippen LogP contribution is -2.37. The molecule has 2 unspecified atom stereocenters. The molecule has 0 amide bonds. The molecule has 0 aromatic rings. The van der Waals surface area contributed by atoms with Crippen molar-refractivity contribution in [3.05, 3.63) is 0 Å². The molecule has 94 valence electrons. The van der Waals surface area contributed by atoms with Gasteiger partial charge in [0.25, 0.3) is 0 Å². The van der Waals surface area contributed by atoms with Crippen LogP contribution in [0.5, 0.6) is 0 Å². The maximum Gasteiger partial charge on any atom is 0.317 e. The first kappa shape index (κ1) is 13.5. The predicted octanol–water partition coefficient (Wildman–Crippen LogP) is 2.61. The van der Waals surface area contributed by atoms with Gasteiger partial charge in [0, 0.05) is 6.54 Å². The van der Waals surface area contributed by atoms with E-state index in [4.69, 9.17) is 5.11 Å². The molecule has 0 aromatic carbocycles. The average Bonchev–Trinajstić information content (AvgIpc) is 2.21. The van der Waals surface area contributed by atoms with Gasteiger partial charge in [-0.05, 0) is 31.2 Å². The van der Waals surface area contributed by atoms with Crippen LogP contribution >= 0.6 is 0 Å². The Bertz CT molecular complexity index is 218. The summed E-state index contributed by atoms with van der Waals surface area (Å²) in [5.74, 6) is 0.776. The Labute approximate surface area is 98.8 Å². The van der Waals surface area contributed by atoms with Gasteiger partial charge in [0.2, 0.25) is 0 Å². The van der Waals surface area contributed by atoms with Crippen LogP contribution in [-0.4, -0.2) is 35.6 Å². The number of nitrogens with zero attached hydrogens (tertiary/aromatic N) is 1. The van der Waals surface area contributed by atoms with Crippen LogP contribution in [0.1, 0.15) is 46.0 Å². The van der Waals surface area contributed by atoms with E-state index in [0.717, 1.165) is 25.4 Å². The minimum Gasteiger partial charge on any atom is -0.480 e. The Morgan fingerprint density at radius 2 is 2.06 bits per heavy atom. The third-order valence-corrected chi connectivity index (χ3v) is 3.68. The van der Waals surface area contributed by atoms with E-state index in [0.29, 0.717) is 5.92 Å². The Kier molecular flexibility index (Phi) is 5.81. The van der Waals surface area contributed by atoms with E-state index in [9.17, 15) is 4.79 Å². The van der Waals surface area contributed by atoms with Gasteiger partial charge in [0.15, 0.2) is 0 Å². The molecule has 1 aliphatic rings. The molecule has 0 bridgehead atoms. The van der Waals surface area contributed by atoms with Crippen molar-refractivity contribution >= 4 is 5.97 Å². The van der Waals surface area contributed by atoms with Gasteiger partial charge < -0.3 is 5.11 Å². The second-order valence-electron chi connectivity index (χ2n) is 5.15. The molecule has 0 saturated heterocycles. The van der Waals surface area contributed by atoms with Crippen molar-refractivity contribution in [1.82, 2.24) is 4.90 Å². The smallest absolute Gasteiger partial charge is 0.317 e. The molecule has 2 atom stereocenters. The number of carbonyl (C=O) groups is 1. The maximum atomic E-state index is 10.8. The van der Waals surface area contributed by atoms with Gasteiger partial charge >= 0.3 is 5.97 Å². The minimum absolute atomic E-state index is 0.205. The van der Waals surface area contributed by atoms with Crippen molar-refractivity contribution in [3.8, 4) is 0 Å². The van der Waals surface area contributed by atoms with E-state index < -0.39 is 5.97 Å². The minimum atomic E-state index is -0.697. The molecular formula is C13H25NO2. The first-order valence-corrected chi connectivity index (χ1v) is 6.57. The number of carboxylic acid groups (broad SMARTS) is 1. The molecule has 3 nitrogen and oxygen atoms in total. The van der Waals surface area contributed by atoms with Crippen LogP contribution in [-0.2, 0) is 4.79 Å². The van der Waals surface area contributed by atoms with Crippen molar-refractivity contribution in [1.29, 1.82) is 0 Å². The van der Waals surface area contributed by atoms with Gasteiger partial charge in [-0.2, -0.15) is 0 Å². The average molecular weight is 227 g/mol. The van der Waals surface area contributed by atoms with Crippen LogP contribution < -0.4 is 0 Å². The van der Waals surface area contributed by atoms with E-state index in [2.05, 4.69) is 18.7 Å². The highest BCUT2D eigenvalue weighted by atomic mass is 16.4. The number of hydrogen-bond donors (Lipinski definition) is 1. The Morgan fingerprint density at radius 3 is 2.62 bits per heavy atom. The van der Waals surface area contributed by atoms with Crippen molar-refractivity contribution in [2.45, 2.75) is 46.0 Å². The molecule has 1 N–H and O–H groups in total. The molecule has 0 spiro atoms. The Hall–Kier alpha value is -0.570. The lowest BCUT2D eigenvalue weighted by molar-refractivity contribution is -0.138. The summed E-state index contributed by atoms with van der Waals surface area (Å²) in [7, 11) is 0. The molecule has 1 fully saturated rings. The van der Waals surface area contributed by atoms with Gasteiger partial charge in [0.05, 0.1) is 6.54 Å². The fourth-order valence-electron chi connectivity index (χ4n) is 2.74. The van der Waals surface area contributed by atoms with Crippen LogP contribution in [0, 0.1) is 11.8 Å². The number of hydrogen-bond acceptors (Lipinski definition) is 2. The van der Waals surface area contributed by atoms with Gasteiger partial charge in [-0.3, -0.25) is 9.69 Å². The summed E-state index contributed by atoms with van der Waals surface area (Å²) in [6.07, 6.45) is 6.31. The third-order valence-electron chi connectivity index (χ3n) is 3.68. The van der Waals surface area contributed by atoms with Crippen molar-refractivity contribution < 1.29 is 9.90 Å². The first-order chi connectivity index (χ1) is 7.63. The second-order valence-corrected chi connectivity index (χ2v) is 5.15. The molecule has 0 radical (unpaired) electrons. The molecule has 16 heavy (non-hydrogen) atoms. The molecule has 0 heterocycles. The maximum absolute atomic E-state index is 10.8. The third kappa shape index (κ3) is 4.52. The van der Waals surface area contributed by atoms with Crippen molar-refractivity contribution in [2.24, 2.45) is 11.8 Å².